The molecule has 0 aliphatic rings. The summed E-state index contributed by atoms with van der Waals surface area (Å²) in [5.41, 5.74) is 1.73. The number of carbonyl (C=O) groups excluding carboxylic acids is 1. The third-order valence-electron chi connectivity index (χ3n) is 2.25. The summed E-state index contributed by atoms with van der Waals surface area (Å²) in [6, 6.07) is 1.87. The van der Waals surface area contributed by atoms with E-state index in [1.807, 2.05) is 19.9 Å². The van der Waals surface area contributed by atoms with E-state index in [9.17, 15) is 9.90 Å². The van der Waals surface area contributed by atoms with Crippen LogP contribution in [0.2, 0.25) is 0 Å². The number of aliphatic hydroxyl groups is 1. The maximum absolute atomic E-state index is 11.3. The van der Waals surface area contributed by atoms with E-state index in [0.717, 1.165) is 17.9 Å². The van der Waals surface area contributed by atoms with E-state index in [-0.39, 0.29) is 13.0 Å². The van der Waals surface area contributed by atoms with Gasteiger partial charge in [0.2, 0.25) is 0 Å². The molecule has 1 aromatic heterocycles. The van der Waals surface area contributed by atoms with Crippen molar-refractivity contribution in [2.75, 3.05) is 6.61 Å². The van der Waals surface area contributed by atoms with Gasteiger partial charge in [0.05, 0.1) is 12.3 Å². The molecule has 0 fully saturated rings. The van der Waals surface area contributed by atoms with Crippen molar-refractivity contribution in [1.29, 1.82) is 0 Å². The summed E-state index contributed by atoms with van der Waals surface area (Å²) in [6.07, 6.45) is -0.866. The minimum Gasteiger partial charge on any atom is -0.464 e. The van der Waals surface area contributed by atoms with Crippen LogP contribution in [0.15, 0.2) is 6.07 Å². The number of aliphatic hydroxyl groups excluding tert-OH is 1. The van der Waals surface area contributed by atoms with Gasteiger partial charge in [-0.05, 0) is 26.8 Å². The molecular formula is C11H18N2O3. The fourth-order valence-electron chi connectivity index (χ4n) is 1.56. The summed E-state index contributed by atoms with van der Waals surface area (Å²) >= 11 is 0. The van der Waals surface area contributed by atoms with Gasteiger partial charge in [-0.1, -0.05) is 0 Å². The molecule has 90 valence electrons. The van der Waals surface area contributed by atoms with E-state index < -0.39 is 12.1 Å². The van der Waals surface area contributed by atoms with Crippen LogP contribution in [-0.4, -0.2) is 33.6 Å². The highest BCUT2D eigenvalue weighted by molar-refractivity contribution is 5.74. The second-order valence-corrected chi connectivity index (χ2v) is 3.56. The molecule has 1 N–H and O–H groups in total. The Morgan fingerprint density at radius 1 is 1.62 bits per heavy atom. The molecule has 5 heteroatoms. The molecule has 0 amide bonds. The Kier molecular flexibility index (Phi) is 4.49. The first-order valence-electron chi connectivity index (χ1n) is 5.46. The zero-order valence-corrected chi connectivity index (χ0v) is 9.93. The Labute approximate surface area is 95.0 Å². The number of esters is 1. The Hall–Kier alpha value is -1.36. The molecule has 0 bridgehead atoms. The highest BCUT2D eigenvalue weighted by Crippen LogP contribution is 2.07. The number of aryl methyl sites for hydroxylation is 2. The Morgan fingerprint density at radius 3 is 2.88 bits per heavy atom. The molecule has 1 heterocycles. The van der Waals surface area contributed by atoms with E-state index in [1.165, 1.54) is 0 Å². The first-order chi connectivity index (χ1) is 7.58. The SMILES string of the molecule is CCOC(=O)C(O)Cc1cc(C)nn1CC. The molecule has 0 aliphatic heterocycles. The van der Waals surface area contributed by atoms with Gasteiger partial charge in [-0.15, -0.1) is 0 Å². The highest BCUT2D eigenvalue weighted by atomic mass is 16.5. The first kappa shape index (κ1) is 12.7. The lowest BCUT2D eigenvalue weighted by atomic mass is 10.2. The fraction of sp³-hybridized carbons (Fsp3) is 0.636. The summed E-state index contributed by atoms with van der Waals surface area (Å²) < 4.78 is 6.51. The third kappa shape index (κ3) is 3.06. The smallest absolute Gasteiger partial charge is 0.335 e. The number of hydrogen-bond donors (Lipinski definition) is 1. The molecule has 0 saturated carbocycles. The molecule has 16 heavy (non-hydrogen) atoms. The van der Waals surface area contributed by atoms with E-state index in [2.05, 4.69) is 5.10 Å². The lowest BCUT2D eigenvalue weighted by molar-refractivity contribution is -0.152. The maximum Gasteiger partial charge on any atom is 0.335 e. The fourth-order valence-corrected chi connectivity index (χ4v) is 1.56. The van der Waals surface area contributed by atoms with Crippen LogP contribution in [0.3, 0.4) is 0 Å². The van der Waals surface area contributed by atoms with E-state index >= 15 is 0 Å². The van der Waals surface area contributed by atoms with Gasteiger partial charge < -0.3 is 9.84 Å². The van der Waals surface area contributed by atoms with Crippen molar-refractivity contribution < 1.29 is 14.6 Å². The predicted molar refractivity (Wildman–Crippen MR) is 59.0 cm³/mol. The van der Waals surface area contributed by atoms with Gasteiger partial charge in [-0.25, -0.2) is 4.79 Å². The summed E-state index contributed by atoms with van der Waals surface area (Å²) in [7, 11) is 0. The van der Waals surface area contributed by atoms with Crippen molar-refractivity contribution in [1.82, 2.24) is 9.78 Å². The van der Waals surface area contributed by atoms with Crippen LogP contribution in [-0.2, 0) is 22.5 Å². The maximum atomic E-state index is 11.3. The van der Waals surface area contributed by atoms with Crippen LogP contribution in [0.25, 0.3) is 0 Å². The van der Waals surface area contributed by atoms with Gasteiger partial charge >= 0.3 is 5.97 Å². The van der Waals surface area contributed by atoms with Gasteiger partial charge in [0.15, 0.2) is 6.10 Å². The summed E-state index contributed by atoms with van der Waals surface area (Å²) in [4.78, 5) is 11.3. The molecule has 0 aliphatic carbocycles. The van der Waals surface area contributed by atoms with E-state index in [0.29, 0.717) is 0 Å². The summed E-state index contributed by atoms with van der Waals surface area (Å²) in [6.45, 7) is 6.56. The monoisotopic (exact) mass is 226 g/mol. The van der Waals surface area contributed by atoms with Crippen LogP contribution in [0.5, 0.6) is 0 Å². The Balaban J connectivity index is 2.68. The van der Waals surface area contributed by atoms with Gasteiger partial charge in [0.1, 0.15) is 0 Å². The van der Waals surface area contributed by atoms with Crippen LogP contribution in [0.1, 0.15) is 25.2 Å². The third-order valence-corrected chi connectivity index (χ3v) is 2.25. The quantitative estimate of drug-likeness (QED) is 0.750. The van der Waals surface area contributed by atoms with Crippen molar-refractivity contribution in [3.8, 4) is 0 Å². The normalized spacial score (nSPS) is 12.5. The summed E-state index contributed by atoms with van der Waals surface area (Å²) in [5.74, 6) is -0.580. The topological polar surface area (TPSA) is 64.3 Å². The number of carbonyl (C=O) groups is 1. The zero-order chi connectivity index (χ0) is 12.1. The lowest BCUT2D eigenvalue weighted by Gasteiger charge is -2.10. The molecule has 0 saturated heterocycles. The van der Waals surface area contributed by atoms with E-state index in [1.54, 1.807) is 11.6 Å². The molecule has 1 unspecified atom stereocenters. The second kappa shape index (κ2) is 5.65. The number of aromatic nitrogens is 2. The zero-order valence-electron chi connectivity index (χ0n) is 9.93. The number of rotatable bonds is 5. The van der Waals surface area contributed by atoms with Crippen molar-refractivity contribution in [3.63, 3.8) is 0 Å². The van der Waals surface area contributed by atoms with Crippen molar-refractivity contribution in [2.24, 2.45) is 0 Å². The molecule has 1 aromatic rings. The Morgan fingerprint density at radius 2 is 2.31 bits per heavy atom. The largest absolute Gasteiger partial charge is 0.464 e. The number of hydrogen-bond acceptors (Lipinski definition) is 4. The van der Waals surface area contributed by atoms with Crippen LogP contribution >= 0.6 is 0 Å². The van der Waals surface area contributed by atoms with Crippen LogP contribution in [0, 0.1) is 6.92 Å². The van der Waals surface area contributed by atoms with Crippen molar-refractivity contribution in [3.05, 3.63) is 17.5 Å². The number of nitrogens with zero attached hydrogens (tertiary/aromatic N) is 2. The van der Waals surface area contributed by atoms with Crippen molar-refractivity contribution >= 4 is 5.97 Å². The molecule has 1 atom stereocenters. The van der Waals surface area contributed by atoms with Gasteiger partial charge in [0, 0.05) is 18.7 Å². The Bertz CT molecular complexity index is 360. The van der Waals surface area contributed by atoms with Crippen LogP contribution in [0.4, 0.5) is 0 Å². The molecule has 0 aromatic carbocycles. The number of ether oxygens (including phenoxy) is 1. The van der Waals surface area contributed by atoms with Crippen molar-refractivity contribution in [2.45, 2.75) is 39.8 Å². The average Bonchev–Trinajstić information content (AvgIpc) is 2.59. The minimum absolute atomic E-state index is 0.244. The standard InChI is InChI=1S/C11H18N2O3/c1-4-13-9(6-8(3)12-13)7-10(14)11(15)16-5-2/h6,10,14H,4-5,7H2,1-3H3. The molecule has 0 radical (unpaired) electrons. The average molecular weight is 226 g/mol. The van der Waals surface area contributed by atoms with Gasteiger partial charge in [0.25, 0.3) is 0 Å². The lowest BCUT2D eigenvalue weighted by Crippen LogP contribution is -2.26. The van der Waals surface area contributed by atoms with Crippen LogP contribution < -0.4 is 0 Å². The highest BCUT2D eigenvalue weighted by Gasteiger charge is 2.19. The molecule has 1 rings (SSSR count). The summed E-state index contributed by atoms with van der Waals surface area (Å²) in [5, 5.41) is 13.9. The van der Waals surface area contributed by atoms with E-state index in [4.69, 9.17) is 4.74 Å². The molecule has 5 nitrogen and oxygen atoms in total. The predicted octanol–water partition coefficient (Wildman–Crippen LogP) is 0.678. The second-order valence-electron chi connectivity index (χ2n) is 3.56. The van der Waals surface area contributed by atoms with Gasteiger partial charge in [-0.3, -0.25) is 4.68 Å². The first-order valence-corrected chi connectivity index (χ1v) is 5.46. The van der Waals surface area contributed by atoms with Gasteiger partial charge in [-0.2, -0.15) is 5.10 Å². The molecule has 0 spiro atoms. The minimum atomic E-state index is -1.11. The molecular weight excluding hydrogens is 208 g/mol.